The van der Waals surface area contributed by atoms with Crippen LogP contribution in [0.4, 0.5) is 22.4 Å². The number of amides is 3. The van der Waals surface area contributed by atoms with Gasteiger partial charge in [-0.3, -0.25) is 9.69 Å². The summed E-state index contributed by atoms with van der Waals surface area (Å²) in [7, 11) is 0. The molecule has 0 spiro atoms. The van der Waals surface area contributed by atoms with Gasteiger partial charge in [-0.05, 0) is 42.5 Å². The number of aromatic nitrogens is 3. The third-order valence-corrected chi connectivity index (χ3v) is 5.82. The number of nitrogens with two attached hydrogens (primary N) is 1. The van der Waals surface area contributed by atoms with Crippen LogP contribution < -0.4 is 16.4 Å². The van der Waals surface area contributed by atoms with Crippen molar-refractivity contribution < 1.29 is 9.59 Å². The number of carbonyl (C=O) groups excluding carboxylic acids is 2. The zero-order chi connectivity index (χ0) is 23.8. The zero-order valence-electron chi connectivity index (χ0n) is 19.1. The molecule has 3 amide bonds. The van der Waals surface area contributed by atoms with Crippen LogP contribution in [0.1, 0.15) is 49.2 Å². The maximum Gasteiger partial charge on any atom is 0.325 e. The van der Waals surface area contributed by atoms with Crippen molar-refractivity contribution in [3.63, 3.8) is 0 Å². The molecule has 170 valence electrons. The fraction of sp³-hybridized carbons (Fsp3) is 0.292. The summed E-state index contributed by atoms with van der Waals surface area (Å²) in [6.45, 7) is 7.73. The first-order valence-corrected chi connectivity index (χ1v) is 10.7. The van der Waals surface area contributed by atoms with Crippen molar-refractivity contribution >= 4 is 29.5 Å². The van der Waals surface area contributed by atoms with E-state index in [1.807, 2.05) is 55.5 Å². The number of hydrogen-bond acceptors (Lipinski definition) is 7. The van der Waals surface area contributed by atoms with Crippen LogP contribution in [0.5, 0.6) is 0 Å². The summed E-state index contributed by atoms with van der Waals surface area (Å²) >= 11 is 0. The molecule has 1 saturated heterocycles. The predicted octanol–water partition coefficient (Wildman–Crippen LogP) is 3.60. The topological polar surface area (TPSA) is 126 Å². The molecule has 9 heteroatoms. The van der Waals surface area contributed by atoms with Crippen molar-refractivity contribution in [3.05, 3.63) is 71.0 Å². The van der Waals surface area contributed by atoms with Crippen molar-refractivity contribution in [2.45, 2.75) is 45.7 Å². The van der Waals surface area contributed by atoms with E-state index in [4.69, 9.17) is 5.73 Å². The van der Waals surface area contributed by atoms with Gasteiger partial charge in [-0.15, -0.1) is 0 Å². The number of nitrogen functional groups attached to an aromatic ring is 1. The fourth-order valence-corrected chi connectivity index (χ4v) is 3.78. The number of nitrogens with zero attached hydrogens (tertiary/aromatic N) is 4. The molecule has 2 heterocycles. The molecule has 1 aliphatic heterocycles. The number of nitrogens with one attached hydrogen (secondary N) is 2. The summed E-state index contributed by atoms with van der Waals surface area (Å²) in [5, 5.41) is 5.92. The standard InChI is InChI=1S/C24H27N7O2/c1-14(2)16-9-11-17(12-10-16)24(4)20(32)31(23(33)30-24)13-19-27-21(25)29-22(28-19)26-18-8-6-5-7-15(18)3/h5-12,14H,13H2,1-4H3,(H,30,33)(H3,25,26,27,28,29)/t24-/m1/s1. The van der Waals surface area contributed by atoms with E-state index in [0.29, 0.717) is 11.5 Å². The monoisotopic (exact) mass is 445 g/mol. The minimum Gasteiger partial charge on any atom is -0.368 e. The highest BCUT2D eigenvalue weighted by molar-refractivity contribution is 6.07. The molecule has 1 atom stereocenters. The van der Waals surface area contributed by atoms with Gasteiger partial charge in [0.05, 0.1) is 6.54 Å². The van der Waals surface area contributed by atoms with Gasteiger partial charge in [0.1, 0.15) is 5.54 Å². The molecule has 4 N–H and O–H groups in total. The number of hydrogen-bond donors (Lipinski definition) is 3. The Morgan fingerprint density at radius 2 is 1.76 bits per heavy atom. The average molecular weight is 446 g/mol. The normalized spacial score (nSPS) is 18.0. The smallest absolute Gasteiger partial charge is 0.325 e. The minimum atomic E-state index is -1.17. The number of aryl methyl sites for hydroxylation is 1. The van der Waals surface area contributed by atoms with E-state index in [-0.39, 0.29) is 30.2 Å². The van der Waals surface area contributed by atoms with Gasteiger partial charge in [0, 0.05) is 5.69 Å². The predicted molar refractivity (Wildman–Crippen MR) is 126 cm³/mol. The maximum absolute atomic E-state index is 13.3. The van der Waals surface area contributed by atoms with Crippen LogP contribution in [-0.2, 0) is 16.9 Å². The molecule has 1 aliphatic rings. The van der Waals surface area contributed by atoms with Gasteiger partial charge in [-0.25, -0.2) is 4.79 Å². The number of imide groups is 1. The maximum atomic E-state index is 13.3. The Labute approximate surface area is 192 Å². The van der Waals surface area contributed by atoms with Gasteiger partial charge >= 0.3 is 6.03 Å². The summed E-state index contributed by atoms with van der Waals surface area (Å²) in [4.78, 5) is 39.7. The number of rotatable bonds is 6. The van der Waals surface area contributed by atoms with Crippen LogP contribution in [0, 0.1) is 6.92 Å². The molecule has 0 unspecified atom stereocenters. The van der Waals surface area contributed by atoms with Crippen LogP contribution >= 0.6 is 0 Å². The van der Waals surface area contributed by atoms with Crippen LogP contribution in [0.3, 0.4) is 0 Å². The molecular weight excluding hydrogens is 418 g/mol. The molecule has 9 nitrogen and oxygen atoms in total. The third kappa shape index (κ3) is 4.34. The molecule has 0 bridgehead atoms. The van der Waals surface area contributed by atoms with Gasteiger partial charge in [0.15, 0.2) is 5.82 Å². The molecule has 0 radical (unpaired) electrons. The summed E-state index contributed by atoms with van der Waals surface area (Å²) in [5.74, 6) is 0.439. The van der Waals surface area contributed by atoms with Crippen LogP contribution in [0.15, 0.2) is 48.5 Å². The van der Waals surface area contributed by atoms with E-state index >= 15 is 0 Å². The lowest BCUT2D eigenvalue weighted by atomic mass is 9.90. The Morgan fingerprint density at radius 3 is 2.42 bits per heavy atom. The van der Waals surface area contributed by atoms with Crippen molar-refractivity contribution in [1.29, 1.82) is 0 Å². The molecule has 33 heavy (non-hydrogen) atoms. The molecule has 0 saturated carbocycles. The Hall–Kier alpha value is -4.01. The minimum absolute atomic E-state index is 0.00447. The van der Waals surface area contributed by atoms with Gasteiger partial charge < -0.3 is 16.4 Å². The number of carbonyl (C=O) groups is 2. The third-order valence-electron chi connectivity index (χ3n) is 5.82. The molecule has 2 aromatic carbocycles. The highest BCUT2D eigenvalue weighted by Crippen LogP contribution is 2.30. The average Bonchev–Trinajstić information content (AvgIpc) is 2.99. The SMILES string of the molecule is Cc1ccccc1Nc1nc(N)nc(CN2C(=O)N[C@](C)(c3ccc(C(C)C)cc3)C2=O)n1. The van der Waals surface area contributed by atoms with Crippen molar-refractivity contribution in [1.82, 2.24) is 25.2 Å². The summed E-state index contributed by atoms with van der Waals surface area (Å²) in [5.41, 5.74) is 8.40. The lowest BCUT2D eigenvalue weighted by molar-refractivity contribution is -0.131. The Morgan fingerprint density at radius 1 is 1.06 bits per heavy atom. The van der Waals surface area contributed by atoms with Gasteiger partial charge in [0.25, 0.3) is 5.91 Å². The van der Waals surface area contributed by atoms with E-state index in [9.17, 15) is 9.59 Å². The van der Waals surface area contributed by atoms with Crippen LogP contribution in [-0.4, -0.2) is 31.8 Å². The highest BCUT2D eigenvalue weighted by Gasteiger charge is 2.49. The van der Waals surface area contributed by atoms with E-state index in [0.717, 1.165) is 21.7 Å². The fourth-order valence-electron chi connectivity index (χ4n) is 3.78. The number of anilines is 3. The van der Waals surface area contributed by atoms with Crippen molar-refractivity contribution in [2.75, 3.05) is 11.1 Å². The highest BCUT2D eigenvalue weighted by atomic mass is 16.2. The lowest BCUT2D eigenvalue weighted by Crippen LogP contribution is -2.40. The van der Waals surface area contributed by atoms with E-state index < -0.39 is 11.6 Å². The second-order valence-electron chi connectivity index (χ2n) is 8.60. The zero-order valence-corrected chi connectivity index (χ0v) is 19.1. The van der Waals surface area contributed by atoms with E-state index in [1.54, 1.807) is 6.92 Å². The molecule has 1 aromatic heterocycles. The summed E-state index contributed by atoms with van der Waals surface area (Å²) in [6.07, 6.45) is 0. The Balaban J connectivity index is 1.57. The van der Waals surface area contributed by atoms with Crippen LogP contribution in [0.2, 0.25) is 0 Å². The largest absolute Gasteiger partial charge is 0.368 e. The number of benzene rings is 2. The Bertz CT molecular complexity index is 1210. The van der Waals surface area contributed by atoms with E-state index in [2.05, 4.69) is 39.4 Å². The Kier molecular flexibility index (Phi) is 5.71. The number of urea groups is 1. The first kappa shape index (κ1) is 22.2. The van der Waals surface area contributed by atoms with Crippen molar-refractivity contribution in [2.24, 2.45) is 0 Å². The van der Waals surface area contributed by atoms with Crippen molar-refractivity contribution in [3.8, 4) is 0 Å². The van der Waals surface area contributed by atoms with Gasteiger partial charge in [0.2, 0.25) is 11.9 Å². The van der Waals surface area contributed by atoms with E-state index in [1.165, 1.54) is 0 Å². The van der Waals surface area contributed by atoms with Crippen LogP contribution in [0.25, 0.3) is 0 Å². The molecule has 4 rings (SSSR count). The van der Waals surface area contributed by atoms with Gasteiger partial charge in [-0.2, -0.15) is 15.0 Å². The first-order valence-electron chi connectivity index (χ1n) is 10.7. The summed E-state index contributed by atoms with van der Waals surface area (Å²) < 4.78 is 0. The molecular formula is C24H27N7O2. The lowest BCUT2D eigenvalue weighted by Gasteiger charge is -2.22. The second kappa shape index (κ2) is 8.50. The van der Waals surface area contributed by atoms with Gasteiger partial charge in [-0.1, -0.05) is 56.3 Å². The molecule has 0 aliphatic carbocycles. The number of para-hydroxylation sites is 1. The molecule has 1 fully saturated rings. The molecule has 3 aromatic rings. The second-order valence-corrected chi connectivity index (χ2v) is 8.60. The first-order chi connectivity index (χ1) is 15.7. The quantitative estimate of drug-likeness (QED) is 0.495. The summed E-state index contributed by atoms with van der Waals surface area (Å²) in [6, 6.07) is 14.9.